The van der Waals surface area contributed by atoms with Crippen LogP contribution in [-0.2, 0) is 24.2 Å². The highest BCUT2D eigenvalue weighted by molar-refractivity contribution is 7.90. The van der Waals surface area contributed by atoms with E-state index < -0.39 is 28.3 Å². The standard InChI is InChI=1S/C21H19NO7S/c1-27-18-5-3-4-14-12-16(29-21(14)18)8-11-20(24)28-13-19(23)22-15-6-9-17(10-7-15)30(2,25)26/h3-12H,13H2,1-2H3,(H,22,23)/b11-8+. The second kappa shape index (κ2) is 8.83. The number of carbonyl (C=O) groups is 2. The Kier molecular flexibility index (Phi) is 6.22. The maximum absolute atomic E-state index is 11.9. The summed E-state index contributed by atoms with van der Waals surface area (Å²) in [5.74, 6) is -0.264. The Morgan fingerprint density at radius 2 is 1.87 bits per heavy atom. The number of rotatable bonds is 7. The lowest BCUT2D eigenvalue weighted by atomic mass is 10.2. The van der Waals surface area contributed by atoms with Crippen LogP contribution in [-0.4, -0.2) is 40.3 Å². The van der Waals surface area contributed by atoms with Gasteiger partial charge in [0.15, 0.2) is 27.8 Å². The Hall–Kier alpha value is -3.59. The van der Waals surface area contributed by atoms with Crippen LogP contribution in [0.15, 0.2) is 63.9 Å². The zero-order valence-corrected chi connectivity index (χ0v) is 17.1. The Morgan fingerprint density at radius 1 is 1.13 bits per heavy atom. The van der Waals surface area contributed by atoms with Crippen LogP contribution < -0.4 is 10.1 Å². The van der Waals surface area contributed by atoms with Crippen molar-refractivity contribution >= 4 is 44.4 Å². The molecule has 3 rings (SSSR count). The molecule has 0 fully saturated rings. The molecule has 2 aromatic carbocycles. The SMILES string of the molecule is COc1cccc2cc(/C=C/C(=O)OCC(=O)Nc3ccc(S(C)(=O)=O)cc3)oc12. The number of sulfone groups is 1. The van der Waals surface area contributed by atoms with E-state index in [1.165, 1.54) is 37.5 Å². The minimum absolute atomic E-state index is 0.139. The molecular formula is C21H19NO7S. The van der Waals surface area contributed by atoms with Crippen molar-refractivity contribution in [1.29, 1.82) is 0 Å². The number of hydrogen-bond acceptors (Lipinski definition) is 7. The van der Waals surface area contributed by atoms with Crippen molar-refractivity contribution in [3.8, 4) is 5.75 Å². The summed E-state index contributed by atoms with van der Waals surface area (Å²) in [6.07, 6.45) is 3.68. The van der Waals surface area contributed by atoms with E-state index >= 15 is 0 Å². The summed E-state index contributed by atoms with van der Waals surface area (Å²) in [5, 5.41) is 3.34. The number of anilines is 1. The van der Waals surface area contributed by atoms with Gasteiger partial charge in [0, 0.05) is 23.4 Å². The van der Waals surface area contributed by atoms with Crippen molar-refractivity contribution < 1.29 is 31.9 Å². The maximum atomic E-state index is 11.9. The lowest BCUT2D eigenvalue weighted by Gasteiger charge is -2.06. The topological polar surface area (TPSA) is 112 Å². The third-order valence-electron chi connectivity index (χ3n) is 4.04. The van der Waals surface area contributed by atoms with E-state index in [9.17, 15) is 18.0 Å². The van der Waals surface area contributed by atoms with E-state index in [0.717, 1.165) is 17.7 Å². The predicted octanol–water partition coefficient (Wildman–Crippen LogP) is 3.04. The molecule has 0 unspecified atom stereocenters. The summed E-state index contributed by atoms with van der Waals surface area (Å²) in [4.78, 5) is 23.9. The number of fused-ring (bicyclic) bond motifs is 1. The predicted molar refractivity (Wildman–Crippen MR) is 111 cm³/mol. The molecule has 3 aromatic rings. The first-order valence-corrected chi connectivity index (χ1v) is 10.7. The summed E-state index contributed by atoms with van der Waals surface area (Å²) >= 11 is 0. The van der Waals surface area contributed by atoms with E-state index in [-0.39, 0.29) is 4.90 Å². The molecule has 0 atom stereocenters. The van der Waals surface area contributed by atoms with Crippen LogP contribution in [0.4, 0.5) is 5.69 Å². The van der Waals surface area contributed by atoms with Crippen LogP contribution in [0.1, 0.15) is 5.76 Å². The highest BCUT2D eigenvalue weighted by Gasteiger charge is 2.10. The molecule has 8 nitrogen and oxygen atoms in total. The number of carbonyl (C=O) groups excluding carboxylic acids is 2. The van der Waals surface area contributed by atoms with E-state index in [1.54, 1.807) is 12.1 Å². The molecule has 0 aliphatic rings. The Balaban J connectivity index is 1.53. The lowest BCUT2D eigenvalue weighted by Crippen LogP contribution is -2.20. The van der Waals surface area contributed by atoms with Crippen molar-refractivity contribution in [2.75, 3.05) is 25.3 Å². The molecule has 0 aliphatic heterocycles. The molecule has 0 aliphatic carbocycles. The van der Waals surface area contributed by atoms with Gasteiger partial charge in [0.25, 0.3) is 5.91 Å². The van der Waals surface area contributed by atoms with Gasteiger partial charge in [0.05, 0.1) is 12.0 Å². The zero-order valence-electron chi connectivity index (χ0n) is 16.2. The molecule has 156 valence electrons. The molecule has 0 radical (unpaired) electrons. The zero-order chi connectivity index (χ0) is 21.7. The van der Waals surface area contributed by atoms with E-state index in [1.807, 2.05) is 12.1 Å². The smallest absolute Gasteiger partial charge is 0.331 e. The average molecular weight is 429 g/mol. The molecule has 1 aromatic heterocycles. The van der Waals surface area contributed by atoms with Crippen LogP contribution in [0.2, 0.25) is 0 Å². The highest BCUT2D eigenvalue weighted by atomic mass is 32.2. The Bertz CT molecular complexity index is 1210. The van der Waals surface area contributed by atoms with Gasteiger partial charge in [-0.2, -0.15) is 0 Å². The molecule has 30 heavy (non-hydrogen) atoms. The fourth-order valence-electron chi connectivity index (χ4n) is 2.62. The number of ether oxygens (including phenoxy) is 2. The normalized spacial score (nSPS) is 11.5. The van der Waals surface area contributed by atoms with Crippen LogP contribution in [0, 0.1) is 0 Å². The fourth-order valence-corrected chi connectivity index (χ4v) is 3.25. The monoisotopic (exact) mass is 429 g/mol. The van der Waals surface area contributed by atoms with Crippen molar-refractivity contribution in [2.45, 2.75) is 4.90 Å². The molecule has 9 heteroatoms. The number of methoxy groups -OCH3 is 1. The number of furan rings is 1. The van der Waals surface area contributed by atoms with Crippen LogP contribution in [0.5, 0.6) is 5.75 Å². The minimum Gasteiger partial charge on any atom is -0.493 e. The van der Waals surface area contributed by atoms with Crippen LogP contribution in [0.25, 0.3) is 17.0 Å². The first-order valence-electron chi connectivity index (χ1n) is 8.77. The number of hydrogen-bond donors (Lipinski definition) is 1. The Morgan fingerprint density at radius 3 is 2.53 bits per heavy atom. The second-order valence-electron chi connectivity index (χ2n) is 6.31. The summed E-state index contributed by atoms with van der Waals surface area (Å²) < 4.78 is 38.6. The molecule has 1 N–H and O–H groups in total. The van der Waals surface area contributed by atoms with Gasteiger partial charge >= 0.3 is 5.97 Å². The number of esters is 1. The minimum atomic E-state index is -3.32. The molecule has 1 heterocycles. The quantitative estimate of drug-likeness (QED) is 0.454. The van der Waals surface area contributed by atoms with Crippen molar-refractivity contribution in [3.63, 3.8) is 0 Å². The number of amides is 1. The van der Waals surface area contributed by atoms with Gasteiger partial charge in [-0.1, -0.05) is 12.1 Å². The molecule has 0 saturated carbocycles. The first kappa shape index (κ1) is 21.1. The van der Waals surface area contributed by atoms with E-state index in [4.69, 9.17) is 13.9 Å². The number of nitrogens with one attached hydrogen (secondary N) is 1. The van der Waals surface area contributed by atoms with Gasteiger partial charge in [-0.15, -0.1) is 0 Å². The van der Waals surface area contributed by atoms with Gasteiger partial charge in [-0.25, -0.2) is 13.2 Å². The van der Waals surface area contributed by atoms with Crippen molar-refractivity contribution in [1.82, 2.24) is 0 Å². The van der Waals surface area contributed by atoms with E-state index in [2.05, 4.69) is 5.32 Å². The van der Waals surface area contributed by atoms with Crippen LogP contribution >= 0.6 is 0 Å². The maximum Gasteiger partial charge on any atom is 0.331 e. The summed E-state index contributed by atoms with van der Waals surface area (Å²) in [6.45, 7) is -0.495. The lowest BCUT2D eigenvalue weighted by molar-refractivity contribution is -0.142. The molecule has 0 saturated heterocycles. The molecule has 0 bridgehead atoms. The van der Waals surface area contributed by atoms with Gasteiger partial charge in [0.1, 0.15) is 5.76 Å². The van der Waals surface area contributed by atoms with Crippen molar-refractivity contribution in [3.05, 3.63) is 60.4 Å². The first-order chi connectivity index (χ1) is 14.3. The van der Waals surface area contributed by atoms with Gasteiger partial charge in [-0.05, 0) is 42.5 Å². The highest BCUT2D eigenvalue weighted by Crippen LogP contribution is 2.28. The Labute approximate surface area is 173 Å². The molecule has 1 amide bonds. The van der Waals surface area contributed by atoms with Crippen LogP contribution in [0.3, 0.4) is 0 Å². The van der Waals surface area contributed by atoms with Gasteiger partial charge in [-0.3, -0.25) is 4.79 Å². The van der Waals surface area contributed by atoms with Gasteiger partial charge in [0.2, 0.25) is 0 Å². The third kappa shape index (κ3) is 5.26. The third-order valence-corrected chi connectivity index (χ3v) is 5.17. The second-order valence-corrected chi connectivity index (χ2v) is 8.33. The van der Waals surface area contributed by atoms with Crippen molar-refractivity contribution in [2.24, 2.45) is 0 Å². The summed E-state index contributed by atoms with van der Waals surface area (Å²) in [6, 6.07) is 12.8. The average Bonchev–Trinajstić information content (AvgIpc) is 3.13. The number of benzene rings is 2. The van der Waals surface area contributed by atoms with Gasteiger partial charge < -0.3 is 19.2 Å². The van der Waals surface area contributed by atoms with E-state index in [0.29, 0.717) is 22.8 Å². The molecular weight excluding hydrogens is 410 g/mol. The molecule has 0 spiro atoms. The summed E-state index contributed by atoms with van der Waals surface area (Å²) in [7, 11) is -1.78. The number of para-hydroxylation sites is 1. The largest absolute Gasteiger partial charge is 0.493 e. The fraction of sp³-hybridized carbons (Fsp3) is 0.143. The summed E-state index contributed by atoms with van der Waals surface area (Å²) in [5.41, 5.74) is 0.949.